The van der Waals surface area contributed by atoms with Crippen LogP contribution in [0.2, 0.25) is 5.02 Å². The lowest BCUT2D eigenvalue weighted by Gasteiger charge is -2.16. The van der Waals surface area contributed by atoms with Crippen LogP contribution in [0.3, 0.4) is 0 Å². The molecule has 0 aliphatic heterocycles. The molecular weight excluding hydrogens is 282 g/mol. The molecule has 1 unspecified atom stereocenters. The van der Waals surface area contributed by atoms with Gasteiger partial charge in [-0.25, -0.2) is 4.68 Å². The second-order valence-corrected chi connectivity index (χ2v) is 6.44. The van der Waals surface area contributed by atoms with Gasteiger partial charge in [-0.05, 0) is 31.3 Å². The molecule has 0 aliphatic carbocycles. The second kappa shape index (κ2) is 7.80. The highest BCUT2D eigenvalue weighted by Gasteiger charge is 2.12. The normalized spacial score (nSPS) is 12.7. The first-order valence-corrected chi connectivity index (χ1v) is 8.24. The predicted molar refractivity (Wildman–Crippen MR) is 84.4 cm³/mol. The van der Waals surface area contributed by atoms with Crippen molar-refractivity contribution in [1.82, 2.24) is 9.78 Å². The molecular formula is C13H22ClN3OS. The van der Waals surface area contributed by atoms with E-state index in [4.69, 9.17) is 11.6 Å². The Labute approximate surface area is 123 Å². The van der Waals surface area contributed by atoms with Crippen LogP contribution in [0, 0.1) is 5.92 Å². The molecule has 0 fully saturated rings. The Morgan fingerprint density at radius 2 is 2.16 bits per heavy atom. The topological polar surface area (TPSA) is 46.9 Å². The van der Waals surface area contributed by atoms with Gasteiger partial charge in [0, 0.05) is 12.6 Å². The van der Waals surface area contributed by atoms with Crippen molar-refractivity contribution in [3.05, 3.63) is 21.6 Å². The van der Waals surface area contributed by atoms with E-state index in [9.17, 15) is 4.79 Å². The van der Waals surface area contributed by atoms with E-state index in [2.05, 4.69) is 23.6 Å². The van der Waals surface area contributed by atoms with Crippen LogP contribution in [-0.2, 0) is 6.54 Å². The quantitative estimate of drug-likeness (QED) is 0.841. The SMILES string of the molecule is CSCCC(C)Nc1cnn(CC(C)C)c(=O)c1Cl. The molecule has 6 heteroatoms. The zero-order valence-electron chi connectivity index (χ0n) is 11.9. The minimum atomic E-state index is -0.225. The van der Waals surface area contributed by atoms with Gasteiger partial charge in [-0.2, -0.15) is 16.9 Å². The monoisotopic (exact) mass is 303 g/mol. The number of nitrogens with zero attached hydrogens (tertiary/aromatic N) is 2. The molecule has 0 bridgehead atoms. The van der Waals surface area contributed by atoms with Gasteiger partial charge in [0.1, 0.15) is 5.02 Å². The van der Waals surface area contributed by atoms with Crippen molar-refractivity contribution in [2.45, 2.75) is 39.8 Å². The molecule has 1 rings (SSSR count). The Bertz CT molecular complexity index is 462. The molecule has 0 aromatic carbocycles. The average molecular weight is 304 g/mol. The highest BCUT2D eigenvalue weighted by molar-refractivity contribution is 7.98. The summed E-state index contributed by atoms with van der Waals surface area (Å²) >= 11 is 7.92. The van der Waals surface area contributed by atoms with E-state index in [1.54, 1.807) is 18.0 Å². The summed E-state index contributed by atoms with van der Waals surface area (Å²) in [6.45, 7) is 6.74. The minimum absolute atomic E-state index is 0.225. The van der Waals surface area contributed by atoms with Gasteiger partial charge < -0.3 is 5.32 Å². The van der Waals surface area contributed by atoms with Crippen LogP contribution in [0.5, 0.6) is 0 Å². The Morgan fingerprint density at radius 1 is 1.47 bits per heavy atom. The molecule has 0 aliphatic rings. The highest BCUT2D eigenvalue weighted by Crippen LogP contribution is 2.17. The lowest BCUT2D eigenvalue weighted by molar-refractivity contribution is 0.464. The van der Waals surface area contributed by atoms with E-state index >= 15 is 0 Å². The van der Waals surface area contributed by atoms with Gasteiger partial charge >= 0.3 is 0 Å². The largest absolute Gasteiger partial charge is 0.380 e. The maximum atomic E-state index is 12.0. The standard InChI is InChI=1S/C13H22ClN3OS/c1-9(2)8-17-13(18)12(14)11(7-15-17)16-10(3)5-6-19-4/h7,9-10,16H,5-6,8H2,1-4H3. The lowest BCUT2D eigenvalue weighted by Crippen LogP contribution is -2.27. The van der Waals surface area contributed by atoms with Crippen LogP contribution >= 0.6 is 23.4 Å². The van der Waals surface area contributed by atoms with Gasteiger partial charge in [0.15, 0.2) is 0 Å². The third kappa shape index (κ3) is 5.07. The number of nitrogens with one attached hydrogen (secondary N) is 1. The van der Waals surface area contributed by atoms with Crippen molar-refractivity contribution in [3.8, 4) is 0 Å². The number of anilines is 1. The van der Waals surface area contributed by atoms with E-state index in [0.717, 1.165) is 12.2 Å². The molecule has 0 saturated carbocycles. The van der Waals surface area contributed by atoms with Crippen molar-refractivity contribution in [3.63, 3.8) is 0 Å². The Morgan fingerprint density at radius 3 is 2.74 bits per heavy atom. The van der Waals surface area contributed by atoms with Crippen LogP contribution in [0.4, 0.5) is 5.69 Å². The molecule has 0 saturated heterocycles. The molecule has 0 radical (unpaired) electrons. The van der Waals surface area contributed by atoms with E-state index in [0.29, 0.717) is 18.2 Å². The van der Waals surface area contributed by atoms with Crippen molar-refractivity contribution < 1.29 is 0 Å². The summed E-state index contributed by atoms with van der Waals surface area (Å²) in [5.74, 6) is 1.43. The fraction of sp³-hybridized carbons (Fsp3) is 0.692. The van der Waals surface area contributed by atoms with Gasteiger partial charge in [-0.15, -0.1) is 0 Å². The molecule has 1 aromatic rings. The smallest absolute Gasteiger partial charge is 0.287 e. The third-order valence-corrected chi connectivity index (χ3v) is 3.69. The average Bonchev–Trinajstić information content (AvgIpc) is 2.35. The van der Waals surface area contributed by atoms with Gasteiger partial charge in [-0.3, -0.25) is 4.79 Å². The van der Waals surface area contributed by atoms with E-state index in [1.165, 1.54) is 4.68 Å². The summed E-state index contributed by atoms with van der Waals surface area (Å²) in [4.78, 5) is 12.0. The fourth-order valence-electron chi connectivity index (χ4n) is 1.67. The van der Waals surface area contributed by atoms with Gasteiger partial charge in [-0.1, -0.05) is 25.4 Å². The van der Waals surface area contributed by atoms with E-state index in [-0.39, 0.29) is 16.6 Å². The van der Waals surface area contributed by atoms with Crippen molar-refractivity contribution >= 4 is 29.1 Å². The summed E-state index contributed by atoms with van der Waals surface area (Å²) in [6.07, 6.45) is 4.74. The van der Waals surface area contributed by atoms with E-state index in [1.807, 2.05) is 13.8 Å². The molecule has 1 atom stereocenters. The summed E-state index contributed by atoms with van der Waals surface area (Å²) in [5.41, 5.74) is 0.401. The maximum Gasteiger partial charge on any atom is 0.287 e. The first kappa shape index (κ1) is 16.4. The lowest BCUT2D eigenvalue weighted by atomic mass is 10.2. The van der Waals surface area contributed by atoms with E-state index < -0.39 is 0 Å². The van der Waals surface area contributed by atoms with Gasteiger partial charge in [0.25, 0.3) is 5.56 Å². The molecule has 1 aromatic heterocycles. The van der Waals surface area contributed by atoms with Crippen molar-refractivity contribution in [1.29, 1.82) is 0 Å². The molecule has 19 heavy (non-hydrogen) atoms. The third-order valence-electron chi connectivity index (χ3n) is 2.68. The molecule has 108 valence electrons. The van der Waals surface area contributed by atoms with Gasteiger partial charge in [0.2, 0.25) is 0 Å². The number of hydrogen-bond donors (Lipinski definition) is 1. The zero-order chi connectivity index (χ0) is 14.4. The Kier molecular flexibility index (Phi) is 6.72. The maximum absolute atomic E-state index is 12.0. The van der Waals surface area contributed by atoms with Gasteiger partial charge in [0.05, 0.1) is 11.9 Å². The summed E-state index contributed by atoms with van der Waals surface area (Å²) < 4.78 is 1.42. The number of aromatic nitrogens is 2. The first-order valence-electron chi connectivity index (χ1n) is 6.46. The van der Waals surface area contributed by atoms with Crippen molar-refractivity contribution in [2.75, 3.05) is 17.3 Å². The number of rotatable bonds is 7. The van der Waals surface area contributed by atoms with Crippen LogP contribution < -0.4 is 10.9 Å². The molecule has 1 N–H and O–H groups in total. The number of hydrogen-bond acceptors (Lipinski definition) is 4. The number of halogens is 1. The fourth-order valence-corrected chi connectivity index (χ4v) is 2.46. The van der Waals surface area contributed by atoms with Crippen LogP contribution in [-0.4, -0.2) is 27.8 Å². The Balaban J connectivity index is 2.81. The number of thioether (sulfide) groups is 1. The zero-order valence-corrected chi connectivity index (χ0v) is 13.5. The highest BCUT2D eigenvalue weighted by atomic mass is 35.5. The second-order valence-electron chi connectivity index (χ2n) is 5.08. The molecule has 0 amide bonds. The summed E-state index contributed by atoms with van der Waals surface area (Å²) in [6, 6.07) is 0.270. The molecule has 1 heterocycles. The van der Waals surface area contributed by atoms with Crippen LogP contribution in [0.25, 0.3) is 0 Å². The van der Waals surface area contributed by atoms with Crippen molar-refractivity contribution in [2.24, 2.45) is 5.92 Å². The van der Waals surface area contributed by atoms with Crippen LogP contribution in [0.1, 0.15) is 27.2 Å². The first-order chi connectivity index (χ1) is 8.95. The Hall–Kier alpha value is -0.680. The molecule has 0 spiro atoms. The summed E-state index contributed by atoms with van der Waals surface area (Å²) in [7, 11) is 0. The summed E-state index contributed by atoms with van der Waals surface area (Å²) in [5, 5.41) is 7.64. The van der Waals surface area contributed by atoms with Crippen LogP contribution in [0.15, 0.2) is 11.0 Å². The predicted octanol–water partition coefficient (Wildman–Crippen LogP) is 3.11. The molecule has 4 nitrogen and oxygen atoms in total. The minimum Gasteiger partial charge on any atom is -0.380 e.